The SMILES string of the molecule is CCC(C(=O)Nc1ccccc1)C(=O)C1CCCCC1. The molecule has 108 valence electrons. The molecule has 1 atom stereocenters. The molecule has 1 aromatic carbocycles. The van der Waals surface area contributed by atoms with Crippen LogP contribution in [0.5, 0.6) is 0 Å². The molecule has 1 unspecified atom stereocenters. The Balaban J connectivity index is 1.99. The molecule has 0 saturated heterocycles. The van der Waals surface area contributed by atoms with E-state index in [1.165, 1.54) is 6.42 Å². The van der Waals surface area contributed by atoms with Gasteiger partial charge in [0.2, 0.25) is 5.91 Å². The van der Waals surface area contributed by atoms with Gasteiger partial charge in [-0.3, -0.25) is 9.59 Å². The van der Waals surface area contributed by atoms with Crippen molar-refractivity contribution in [2.24, 2.45) is 11.8 Å². The highest BCUT2D eigenvalue weighted by Gasteiger charge is 2.31. The highest BCUT2D eigenvalue weighted by molar-refractivity contribution is 6.07. The minimum Gasteiger partial charge on any atom is -0.325 e. The molecule has 1 N–H and O–H groups in total. The van der Waals surface area contributed by atoms with Crippen molar-refractivity contribution < 1.29 is 9.59 Å². The van der Waals surface area contributed by atoms with Gasteiger partial charge in [-0.2, -0.15) is 0 Å². The minimum absolute atomic E-state index is 0.0928. The molecule has 2 rings (SSSR count). The zero-order chi connectivity index (χ0) is 14.4. The highest BCUT2D eigenvalue weighted by Crippen LogP contribution is 2.28. The molecular weight excluding hydrogens is 250 g/mol. The molecule has 0 aromatic heterocycles. The van der Waals surface area contributed by atoms with Gasteiger partial charge in [0.1, 0.15) is 5.78 Å². The van der Waals surface area contributed by atoms with E-state index in [2.05, 4.69) is 5.32 Å². The number of ketones is 1. The van der Waals surface area contributed by atoms with Crippen LogP contribution in [-0.2, 0) is 9.59 Å². The average Bonchev–Trinajstić information content (AvgIpc) is 2.49. The van der Waals surface area contributed by atoms with Crippen molar-refractivity contribution >= 4 is 17.4 Å². The predicted molar refractivity (Wildman–Crippen MR) is 80.4 cm³/mol. The molecule has 0 radical (unpaired) electrons. The van der Waals surface area contributed by atoms with E-state index in [0.29, 0.717) is 6.42 Å². The van der Waals surface area contributed by atoms with Gasteiger partial charge in [0, 0.05) is 11.6 Å². The Hall–Kier alpha value is -1.64. The number of Topliss-reactive ketones (excluding diaryl/α,β-unsaturated/α-hetero) is 1. The monoisotopic (exact) mass is 273 g/mol. The van der Waals surface area contributed by atoms with Crippen molar-refractivity contribution in [3.63, 3.8) is 0 Å². The van der Waals surface area contributed by atoms with E-state index in [4.69, 9.17) is 0 Å². The standard InChI is InChI=1S/C17H23NO2/c1-2-15(16(19)13-9-5-3-6-10-13)17(20)18-14-11-7-4-8-12-14/h4,7-8,11-13,15H,2-3,5-6,9-10H2,1H3,(H,18,20). The second kappa shape index (κ2) is 7.22. The fourth-order valence-electron chi connectivity index (χ4n) is 2.94. The van der Waals surface area contributed by atoms with Gasteiger partial charge in [0.05, 0.1) is 5.92 Å². The van der Waals surface area contributed by atoms with Crippen LogP contribution >= 0.6 is 0 Å². The molecule has 0 bridgehead atoms. The number of hydrogen-bond donors (Lipinski definition) is 1. The molecule has 3 nitrogen and oxygen atoms in total. The molecule has 20 heavy (non-hydrogen) atoms. The third kappa shape index (κ3) is 3.69. The first-order chi connectivity index (χ1) is 9.72. The molecule has 1 saturated carbocycles. The Bertz CT molecular complexity index is 449. The quantitative estimate of drug-likeness (QED) is 0.829. The fraction of sp³-hybridized carbons (Fsp3) is 0.529. The molecule has 0 aliphatic heterocycles. The largest absolute Gasteiger partial charge is 0.325 e. The maximum atomic E-state index is 12.5. The van der Waals surface area contributed by atoms with Gasteiger partial charge in [-0.05, 0) is 31.4 Å². The summed E-state index contributed by atoms with van der Waals surface area (Å²) in [5, 5.41) is 2.85. The van der Waals surface area contributed by atoms with Crippen molar-refractivity contribution in [3.8, 4) is 0 Å². The van der Waals surface area contributed by atoms with E-state index in [0.717, 1.165) is 31.4 Å². The Labute approximate surface area is 120 Å². The molecule has 1 aromatic rings. The van der Waals surface area contributed by atoms with Crippen molar-refractivity contribution in [1.82, 2.24) is 0 Å². The maximum Gasteiger partial charge on any atom is 0.234 e. The average molecular weight is 273 g/mol. The predicted octanol–water partition coefficient (Wildman–Crippen LogP) is 3.80. The van der Waals surface area contributed by atoms with Crippen molar-refractivity contribution in [2.75, 3.05) is 5.32 Å². The van der Waals surface area contributed by atoms with Crippen molar-refractivity contribution in [1.29, 1.82) is 0 Å². The van der Waals surface area contributed by atoms with Crippen LogP contribution in [0.4, 0.5) is 5.69 Å². The van der Waals surface area contributed by atoms with Crippen LogP contribution in [0.3, 0.4) is 0 Å². The summed E-state index contributed by atoms with van der Waals surface area (Å²) in [5.41, 5.74) is 0.757. The lowest BCUT2D eigenvalue weighted by molar-refractivity contribution is -0.134. The fourth-order valence-corrected chi connectivity index (χ4v) is 2.94. The first kappa shape index (κ1) is 14.8. The number of para-hydroxylation sites is 1. The van der Waals surface area contributed by atoms with E-state index in [1.54, 1.807) is 0 Å². The third-order valence-corrected chi connectivity index (χ3v) is 4.12. The van der Waals surface area contributed by atoms with Gasteiger partial charge in [-0.1, -0.05) is 44.4 Å². The van der Waals surface area contributed by atoms with Gasteiger partial charge < -0.3 is 5.32 Å². The summed E-state index contributed by atoms with van der Waals surface area (Å²) in [6.07, 6.45) is 5.94. The van der Waals surface area contributed by atoms with E-state index in [9.17, 15) is 9.59 Å². The van der Waals surface area contributed by atoms with Crippen LogP contribution < -0.4 is 5.32 Å². The zero-order valence-corrected chi connectivity index (χ0v) is 12.1. The Morgan fingerprint density at radius 2 is 1.80 bits per heavy atom. The summed E-state index contributed by atoms with van der Waals surface area (Å²) in [6, 6.07) is 9.34. The molecular formula is C17H23NO2. The topological polar surface area (TPSA) is 46.2 Å². The zero-order valence-electron chi connectivity index (χ0n) is 12.1. The summed E-state index contributed by atoms with van der Waals surface area (Å²) in [4.78, 5) is 24.8. The molecule has 0 heterocycles. The smallest absolute Gasteiger partial charge is 0.234 e. The molecule has 1 fully saturated rings. The van der Waals surface area contributed by atoms with Gasteiger partial charge in [-0.25, -0.2) is 0 Å². The van der Waals surface area contributed by atoms with Crippen LogP contribution in [0.2, 0.25) is 0 Å². The summed E-state index contributed by atoms with van der Waals surface area (Å²) >= 11 is 0. The third-order valence-electron chi connectivity index (χ3n) is 4.12. The van der Waals surface area contributed by atoms with E-state index in [-0.39, 0.29) is 17.6 Å². The van der Waals surface area contributed by atoms with Crippen LogP contribution in [0, 0.1) is 11.8 Å². The lowest BCUT2D eigenvalue weighted by Gasteiger charge is -2.24. The lowest BCUT2D eigenvalue weighted by atomic mass is 9.80. The summed E-state index contributed by atoms with van der Waals surface area (Å²) in [5.74, 6) is -0.427. The molecule has 1 aliphatic carbocycles. The van der Waals surface area contributed by atoms with Crippen LogP contribution in [0.1, 0.15) is 45.4 Å². The Morgan fingerprint density at radius 3 is 2.40 bits per heavy atom. The second-order valence-electron chi connectivity index (χ2n) is 5.55. The van der Waals surface area contributed by atoms with Crippen LogP contribution in [0.25, 0.3) is 0 Å². The van der Waals surface area contributed by atoms with E-state index >= 15 is 0 Å². The van der Waals surface area contributed by atoms with Crippen molar-refractivity contribution in [2.45, 2.75) is 45.4 Å². The molecule has 1 aliphatic rings. The first-order valence-electron chi connectivity index (χ1n) is 7.62. The number of nitrogens with one attached hydrogen (secondary N) is 1. The maximum absolute atomic E-state index is 12.5. The van der Waals surface area contributed by atoms with Gasteiger partial charge in [-0.15, -0.1) is 0 Å². The van der Waals surface area contributed by atoms with E-state index < -0.39 is 5.92 Å². The second-order valence-corrected chi connectivity index (χ2v) is 5.55. The number of amides is 1. The van der Waals surface area contributed by atoms with Gasteiger partial charge in [0.15, 0.2) is 0 Å². The number of hydrogen-bond acceptors (Lipinski definition) is 2. The Kier molecular flexibility index (Phi) is 5.33. The summed E-state index contributed by atoms with van der Waals surface area (Å²) in [6.45, 7) is 1.91. The van der Waals surface area contributed by atoms with E-state index in [1.807, 2.05) is 37.3 Å². The minimum atomic E-state index is -0.502. The molecule has 3 heteroatoms. The lowest BCUT2D eigenvalue weighted by Crippen LogP contribution is -2.34. The van der Waals surface area contributed by atoms with Crippen LogP contribution in [0.15, 0.2) is 30.3 Å². The van der Waals surface area contributed by atoms with Crippen LogP contribution in [-0.4, -0.2) is 11.7 Å². The van der Waals surface area contributed by atoms with Crippen molar-refractivity contribution in [3.05, 3.63) is 30.3 Å². The highest BCUT2D eigenvalue weighted by atomic mass is 16.2. The van der Waals surface area contributed by atoms with Gasteiger partial charge >= 0.3 is 0 Å². The number of carbonyl (C=O) groups is 2. The number of carbonyl (C=O) groups excluding carboxylic acids is 2. The Morgan fingerprint density at radius 1 is 1.15 bits per heavy atom. The summed E-state index contributed by atoms with van der Waals surface area (Å²) in [7, 11) is 0. The number of benzene rings is 1. The molecule has 1 amide bonds. The number of anilines is 1. The molecule has 0 spiro atoms. The normalized spacial score (nSPS) is 17.4. The van der Waals surface area contributed by atoms with Gasteiger partial charge in [0.25, 0.3) is 0 Å². The summed E-state index contributed by atoms with van der Waals surface area (Å²) < 4.78 is 0. The number of rotatable bonds is 5. The first-order valence-corrected chi connectivity index (χ1v) is 7.62.